The lowest BCUT2D eigenvalue weighted by molar-refractivity contribution is 0.118. The summed E-state index contributed by atoms with van der Waals surface area (Å²) < 4.78 is 0. The van der Waals surface area contributed by atoms with Crippen molar-refractivity contribution in [3.05, 3.63) is 71.3 Å². The second-order valence-corrected chi connectivity index (χ2v) is 5.95. The molecule has 0 radical (unpaired) electrons. The molecule has 1 N–H and O–H groups in total. The standard InChI is InChI=1S/C19H22O/c20-19(14-16-7-4-8-16)18-11-9-17(10-12-18)13-15-5-2-1-3-6-15/h1-3,5-6,9-12,16,19-20H,4,7-8,13-14H2. The van der Waals surface area contributed by atoms with Gasteiger partial charge >= 0.3 is 0 Å². The van der Waals surface area contributed by atoms with Crippen molar-refractivity contribution in [1.29, 1.82) is 0 Å². The third kappa shape index (κ3) is 3.29. The summed E-state index contributed by atoms with van der Waals surface area (Å²) in [5, 5.41) is 10.2. The number of aliphatic hydroxyl groups excluding tert-OH is 1. The Morgan fingerprint density at radius 2 is 1.55 bits per heavy atom. The van der Waals surface area contributed by atoms with Gasteiger partial charge in [-0.15, -0.1) is 0 Å². The molecule has 1 unspecified atom stereocenters. The molecule has 1 aliphatic rings. The van der Waals surface area contributed by atoms with Gasteiger partial charge in [0.25, 0.3) is 0 Å². The van der Waals surface area contributed by atoms with E-state index in [1.807, 2.05) is 6.07 Å². The van der Waals surface area contributed by atoms with Crippen molar-refractivity contribution in [3.63, 3.8) is 0 Å². The van der Waals surface area contributed by atoms with Crippen LogP contribution in [0.4, 0.5) is 0 Å². The Bertz CT molecular complexity index is 525. The fourth-order valence-corrected chi connectivity index (χ4v) is 2.87. The van der Waals surface area contributed by atoms with Gasteiger partial charge in [0, 0.05) is 0 Å². The SMILES string of the molecule is OC(CC1CCC1)c1ccc(Cc2ccccc2)cc1. The van der Waals surface area contributed by atoms with Gasteiger partial charge in [0.15, 0.2) is 0 Å². The molecule has 3 rings (SSSR count). The number of aliphatic hydroxyl groups is 1. The zero-order valence-electron chi connectivity index (χ0n) is 11.8. The second kappa shape index (κ2) is 6.23. The highest BCUT2D eigenvalue weighted by Crippen LogP contribution is 2.34. The molecule has 1 aliphatic carbocycles. The minimum Gasteiger partial charge on any atom is -0.388 e. The van der Waals surface area contributed by atoms with E-state index < -0.39 is 0 Å². The van der Waals surface area contributed by atoms with Gasteiger partial charge in [-0.2, -0.15) is 0 Å². The van der Waals surface area contributed by atoms with E-state index >= 15 is 0 Å². The van der Waals surface area contributed by atoms with Crippen LogP contribution >= 0.6 is 0 Å². The molecule has 1 fully saturated rings. The zero-order chi connectivity index (χ0) is 13.8. The van der Waals surface area contributed by atoms with Gasteiger partial charge in [0.05, 0.1) is 6.10 Å². The maximum atomic E-state index is 10.2. The van der Waals surface area contributed by atoms with Gasteiger partial charge in [-0.3, -0.25) is 0 Å². The van der Waals surface area contributed by atoms with Gasteiger partial charge in [-0.05, 0) is 35.4 Å². The summed E-state index contributed by atoms with van der Waals surface area (Å²) in [6, 6.07) is 19.0. The predicted octanol–water partition coefficient (Wildman–Crippen LogP) is 4.50. The summed E-state index contributed by atoms with van der Waals surface area (Å²) in [6.07, 6.45) is 5.53. The predicted molar refractivity (Wildman–Crippen MR) is 82.6 cm³/mol. The fraction of sp³-hybridized carbons (Fsp3) is 0.368. The van der Waals surface area contributed by atoms with Crippen molar-refractivity contribution >= 4 is 0 Å². The molecule has 1 nitrogen and oxygen atoms in total. The average Bonchev–Trinajstić information content (AvgIpc) is 2.44. The quantitative estimate of drug-likeness (QED) is 0.844. The Balaban J connectivity index is 1.61. The fourth-order valence-electron chi connectivity index (χ4n) is 2.87. The molecule has 2 aromatic carbocycles. The highest BCUT2D eigenvalue weighted by molar-refractivity contribution is 5.29. The summed E-state index contributed by atoms with van der Waals surface area (Å²) in [5.74, 6) is 0.744. The molecule has 0 aromatic heterocycles. The molecule has 0 bridgehead atoms. The first kappa shape index (κ1) is 13.4. The molecule has 20 heavy (non-hydrogen) atoms. The van der Waals surface area contributed by atoms with Crippen molar-refractivity contribution in [2.75, 3.05) is 0 Å². The maximum Gasteiger partial charge on any atom is 0.0792 e. The molecular formula is C19H22O. The van der Waals surface area contributed by atoms with Crippen molar-refractivity contribution in [1.82, 2.24) is 0 Å². The Kier molecular flexibility index (Phi) is 4.17. The first-order chi connectivity index (χ1) is 9.81. The molecule has 1 saturated carbocycles. The van der Waals surface area contributed by atoms with Crippen molar-refractivity contribution in [3.8, 4) is 0 Å². The van der Waals surface area contributed by atoms with Gasteiger partial charge in [0.2, 0.25) is 0 Å². The van der Waals surface area contributed by atoms with Crippen molar-refractivity contribution in [2.45, 2.75) is 38.2 Å². The van der Waals surface area contributed by atoms with Crippen LogP contribution in [0.15, 0.2) is 54.6 Å². The average molecular weight is 266 g/mol. The van der Waals surface area contributed by atoms with Crippen LogP contribution in [0.1, 0.15) is 48.5 Å². The highest BCUT2D eigenvalue weighted by atomic mass is 16.3. The monoisotopic (exact) mass is 266 g/mol. The minimum atomic E-state index is -0.286. The van der Waals surface area contributed by atoms with Gasteiger partial charge in [0.1, 0.15) is 0 Å². The third-order valence-electron chi connectivity index (χ3n) is 4.40. The van der Waals surface area contributed by atoms with Crippen LogP contribution in [-0.4, -0.2) is 5.11 Å². The van der Waals surface area contributed by atoms with Crippen LogP contribution in [0.5, 0.6) is 0 Å². The highest BCUT2D eigenvalue weighted by Gasteiger charge is 2.21. The lowest BCUT2D eigenvalue weighted by atomic mass is 9.80. The molecular weight excluding hydrogens is 244 g/mol. The molecule has 1 atom stereocenters. The molecule has 0 aliphatic heterocycles. The molecule has 0 heterocycles. The summed E-state index contributed by atoms with van der Waals surface area (Å²) in [6.45, 7) is 0. The number of benzene rings is 2. The van der Waals surface area contributed by atoms with E-state index in [1.54, 1.807) is 0 Å². The topological polar surface area (TPSA) is 20.2 Å². The summed E-state index contributed by atoms with van der Waals surface area (Å²) in [4.78, 5) is 0. The van der Waals surface area contributed by atoms with Crippen LogP contribution in [-0.2, 0) is 6.42 Å². The first-order valence-electron chi connectivity index (χ1n) is 7.62. The molecule has 2 aromatic rings. The Labute approximate surface area is 121 Å². The third-order valence-corrected chi connectivity index (χ3v) is 4.40. The summed E-state index contributed by atoms with van der Waals surface area (Å²) >= 11 is 0. The van der Waals surface area contributed by atoms with Crippen LogP contribution in [0.3, 0.4) is 0 Å². The van der Waals surface area contributed by atoms with Gasteiger partial charge in [-0.25, -0.2) is 0 Å². The first-order valence-corrected chi connectivity index (χ1v) is 7.62. The number of rotatable bonds is 5. The number of hydrogen-bond acceptors (Lipinski definition) is 1. The lowest BCUT2D eigenvalue weighted by Gasteiger charge is -2.27. The van der Waals surface area contributed by atoms with Gasteiger partial charge < -0.3 is 5.11 Å². The van der Waals surface area contributed by atoms with E-state index in [4.69, 9.17) is 0 Å². The van der Waals surface area contributed by atoms with Gasteiger partial charge in [-0.1, -0.05) is 73.9 Å². The van der Waals surface area contributed by atoms with Crippen LogP contribution in [0.2, 0.25) is 0 Å². The van der Waals surface area contributed by atoms with E-state index in [0.717, 1.165) is 24.3 Å². The second-order valence-electron chi connectivity index (χ2n) is 5.95. The van der Waals surface area contributed by atoms with E-state index in [1.165, 1.54) is 30.4 Å². The minimum absolute atomic E-state index is 0.286. The van der Waals surface area contributed by atoms with E-state index in [2.05, 4.69) is 48.5 Å². The van der Waals surface area contributed by atoms with E-state index in [9.17, 15) is 5.11 Å². The number of hydrogen-bond donors (Lipinski definition) is 1. The molecule has 0 spiro atoms. The van der Waals surface area contributed by atoms with Crippen LogP contribution in [0, 0.1) is 5.92 Å². The Morgan fingerprint density at radius 1 is 0.900 bits per heavy atom. The molecule has 104 valence electrons. The summed E-state index contributed by atoms with van der Waals surface area (Å²) in [7, 11) is 0. The summed E-state index contributed by atoms with van der Waals surface area (Å²) in [5.41, 5.74) is 3.69. The smallest absolute Gasteiger partial charge is 0.0792 e. The van der Waals surface area contributed by atoms with Crippen LogP contribution < -0.4 is 0 Å². The zero-order valence-corrected chi connectivity index (χ0v) is 11.8. The van der Waals surface area contributed by atoms with Crippen molar-refractivity contribution < 1.29 is 5.11 Å². The Morgan fingerprint density at radius 3 is 2.15 bits per heavy atom. The molecule has 0 amide bonds. The van der Waals surface area contributed by atoms with Crippen LogP contribution in [0.25, 0.3) is 0 Å². The lowest BCUT2D eigenvalue weighted by Crippen LogP contribution is -2.14. The normalized spacial score (nSPS) is 16.6. The van der Waals surface area contributed by atoms with Crippen molar-refractivity contribution in [2.24, 2.45) is 5.92 Å². The van der Waals surface area contributed by atoms with E-state index in [-0.39, 0.29) is 6.10 Å². The Hall–Kier alpha value is -1.60. The van der Waals surface area contributed by atoms with E-state index in [0.29, 0.717) is 0 Å². The maximum absolute atomic E-state index is 10.2. The molecule has 0 saturated heterocycles. The largest absolute Gasteiger partial charge is 0.388 e. The molecule has 1 heteroatoms.